The standard InChI is InChI=1S/C27H32N2O4/c1-3-13-29-14-12-27(22-5-4-6-25(16-22)33-20(2)30)17-24(9-8-23(27)18-29)28-26(31)10-7-21-11-15-32-19-21/h3-7,10-11,15-16,19,23-24H,1,8-9,12-14,17-18H2,2H3,(H,28,31)/t23-,24-,27+/m1/s1. The van der Waals surface area contributed by atoms with E-state index in [1.807, 2.05) is 30.3 Å². The third-order valence-corrected chi connectivity index (χ3v) is 6.98. The largest absolute Gasteiger partial charge is 0.472 e. The zero-order valence-electron chi connectivity index (χ0n) is 19.2. The normalized spacial score (nSPS) is 25.4. The molecular formula is C27H32N2O4. The predicted octanol–water partition coefficient (Wildman–Crippen LogP) is 4.33. The summed E-state index contributed by atoms with van der Waals surface area (Å²) in [5.41, 5.74) is 1.98. The van der Waals surface area contributed by atoms with Crippen LogP contribution in [0.1, 0.15) is 43.7 Å². The SMILES string of the molecule is C=CCN1CC[C@@]2(c3cccc(OC(C)=O)c3)C[C@H](NC(=O)C=Cc3ccoc3)CC[C@@H]2C1. The Balaban J connectivity index is 1.55. The van der Waals surface area contributed by atoms with E-state index in [1.165, 1.54) is 12.5 Å². The van der Waals surface area contributed by atoms with Crippen LogP contribution in [0.25, 0.3) is 6.08 Å². The number of carbonyl (C=O) groups is 2. The molecule has 0 unspecified atom stereocenters. The highest BCUT2D eigenvalue weighted by Crippen LogP contribution is 2.49. The van der Waals surface area contributed by atoms with E-state index in [-0.39, 0.29) is 23.3 Å². The van der Waals surface area contributed by atoms with Crippen molar-refractivity contribution in [3.05, 3.63) is 72.7 Å². The molecule has 33 heavy (non-hydrogen) atoms. The molecule has 1 aliphatic carbocycles. The summed E-state index contributed by atoms with van der Waals surface area (Å²) in [5, 5.41) is 3.22. The Hall–Kier alpha value is -3.12. The molecule has 2 fully saturated rings. The number of ether oxygens (including phenoxy) is 1. The van der Waals surface area contributed by atoms with E-state index in [9.17, 15) is 9.59 Å². The molecule has 1 N–H and O–H groups in total. The molecular weight excluding hydrogens is 416 g/mol. The van der Waals surface area contributed by atoms with Crippen LogP contribution in [0.3, 0.4) is 0 Å². The van der Waals surface area contributed by atoms with Crippen LogP contribution in [0.15, 0.2) is 66.0 Å². The molecule has 1 aromatic heterocycles. The van der Waals surface area contributed by atoms with Crippen molar-refractivity contribution in [2.45, 2.75) is 44.1 Å². The van der Waals surface area contributed by atoms with E-state index in [2.05, 4.69) is 22.9 Å². The molecule has 6 nitrogen and oxygen atoms in total. The second-order valence-corrected chi connectivity index (χ2v) is 9.15. The van der Waals surface area contributed by atoms with Gasteiger partial charge in [0.15, 0.2) is 0 Å². The number of piperidine rings is 1. The lowest BCUT2D eigenvalue weighted by molar-refractivity contribution is -0.131. The maximum Gasteiger partial charge on any atom is 0.308 e. The molecule has 174 valence electrons. The van der Waals surface area contributed by atoms with Crippen LogP contribution in [0.5, 0.6) is 5.75 Å². The van der Waals surface area contributed by atoms with Gasteiger partial charge >= 0.3 is 5.97 Å². The van der Waals surface area contributed by atoms with Crippen molar-refractivity contribution in [3.8, 4) is 5.75 Å². The first-order valence-corrected chi connectivity index (χ1v) is 11.6. The first-order valence-electron chi connectivity index (χ1n) is 11.6. The van der Waals surface area contributed by atoms with E-state index in [0.717, 1.165) is 50.9 Å². The molecule has 6 heteroatoms. The van der Waals surface area contributed by atoms with Crippen LogP contribution in [0.4, 0.5) is 0 Å². The number of furan rings is 1. The Labute approximate surface area is 195 Å². The van der Waals surface area contributed by atoms with Gasteiger partial charge in [-0.3, -0.25) is 14.5 Å². The van der Waals surface area contributed by atoms with E-state index in [4.69, 9.17) is 9.15 Å². The molecule has 0 bridgehead atoms. The van der Waals surface area contributed by atoms with E-state index in [0.29, 0.717) is 11.7 Å². The van der Waals surface area contributed by atoms with E-state index in [1.54, 1.807) is 24.7 Å². The lowest BCUT2D eigenvalue weighted by Gasteiger charge is -2.53. The Kier molecular flexibility index (Phi) is 7.14. The van der Waals surface area contributed by atoms with Crippen molar-refractivity contribution >= 4 is 18.0 Å². The summed E-state index contributed by atoms with van der Waals surface area (Å²) in [6, 6.07) is 9.85. The highest BCUT2D eigenvalue weighted by atomic mass is 16.5. The number of amides is 1. The summed E-state index contributed by atoms with van der Waals surface area (Å²) in [6.45, 7) is 8.19. The first kappa shape index (κ1) is 23.1. The van der Waals surface area contributed by atoms with Crippen LogP contribution >= 0.6 is 0 Å². The molecule has 0 spiro atoms. The van der Waals surface area contributed by atoms with Crippen LogP contribution in [0.2, 0.25) is 0 Å². The number of fused-ring (bicyclic) bond motifs is 1. The quantitative estimate of drug-likeness (QED) is 0.295. The minimum Gasteiger partial charge on any atom is -0.472 e. The van der Waals surface area contributed by atoms with E-state index >= 15 is 0 Å². The second-order valence-electron chi connectivity index (χ2n) is 9.15. The van der Waals surface area contributed by atoms with Gasteiger partial charge in [0.25, 0.3) is 0 Å². The summed E-state index contributed by atoms with van der Waals surface area (Å²) in [4.78, 5) is 26.6. The zero-order chi connectivity index (χ0) is 23.3. The van der Waals surface area contributed by atoms with Crippen LogP contribution in [-0.4, -0.2) is 42.5 Å². The number of esters is 1. The Morgan fingerprint density at radius 3 is 2.97 bits per heavy atom. The number of hydrogen-bond donors (Lipinski definition) is 1. The van der Waals surface area contributed by atoms with Crippen LogP contribution < -0.4 is 10.1 Å². The Bertz CT molecular complexity index is 1010. The average Bonchev–Trinajstić information content (AvgIpc) is 3.31. The molecule has 2 heterocycles. The molecule has 1 aromatic carbocycles. The fourth-order valence-corrected chi connectivity index (χ4v) is 5.52. The first-order chi connectivity index (χ1) is 16.0. The highest BCUT2D eigenvalue weighted by Gasteiger charge is 2.48. The fraction of sp³-hybridized carbons (Fsp3) is 0.407. The zero-order valence-corrected chi connectivity index (χ0v) is 19.2. The molecule has 0 radical (unpaired) electrons. The van der Waals surface area contributed by atoms with Crippen molar-refractivity contribution < 1.29 is 18.7 Å². The van der Waals surface area contributed by atoms with Gasteiger partial charge in [-0.2, -0.15) is 0 Å². The van der Waals surface area contributed by atoms with Crippen molar-refractivity contribution in [1.29, 1.82) is 0 Å². The number of rotatable bonds is 7. The number of benzene rings is 1. The van der Waals surface area contributed by atoms with Gasteiger partial charge in [0.2, 0.25) is 5.91 Å². The van der Waals surface area contributed by atoms with Crippen molar-refractivity contribution in [2.24, 2.45) is 5.92 Å². The van der Waals surface area contributed by atoms with Gasteiger partial charge in [0, 0.05) is 43.1 Å². The summed E-state index contributed by atoms with van der Waals surface area (Å²) in [6.07, 6.45) is 12.3. The smallest absolute Gasteiger partial charge is 0.308 e. The summed E-state index contributed by atoms with van der Waals surface area (Å²) in [5.74, 6) is 0.636. The maximum atomic E-state index is 12.6. The number of carbonyl (C=O) groups excluding carboxylic acids is 2. The van der Waals surface area contributed by atoms with Gasteiger partial charge in [-0.15, -0.1) is 6.58 Å². The number of nitrogens with zero attached hydrogens (tertiary/aromatic N) is 1. The third kappa shape index (κ3) is 5.45. The molecule has 1 saturated carbocycles. The average molecular weight is 449 g/mol. The van der Waals surface area contributed by atoms with Crippen molar-refractivity contribution in [2.75, 3.05) is 19.6 Å². The maximum absolute atomic E-state index is 12.6. The minimum absolute atomic E-state index is 0.0711. The van der Waals surface area contributed by atoms with Crippen molar-refractivity contribution in [3.63, 3.8) is 0 Å². The highest BCUT2D eigenvalue weighted by molar-refractivity contribution is 5.91. The monoisotopic (exact) mass is 448 g/mol. The third-order valence-electron chi connectivity index (χ3n) is 6.98. The molecule has 1 aliphatic heterocycles. The summed E-state index contributed by atoms with van der Waals surface area (Å²) >= 11 is 0. The lowest BCUT2D eigenvalue weighted by Crippen LogP contribution is -2.56. The Morgan fingerprint density at radius 2 is 2.21 bits per heavy atom. The lowest BCUT2D eigenvalue weighted by atomic mass is 9.58. The predicted molar refractivity (Wildman–Crippen MR) is 128 cm³/mol. The second kappa shape index (κ2) is 10.2. The molecule has 4 rings (SSSR count). The Morgan fingerprint density at radius 1 is 1.33 bits per heavy atom. The number of hydrogen-bond acceptors (Lipinski definition) is 5. The van der Waals surface area contributed by atoms with Crippen LogP contribution in [-0.2, 0) is 15.0 Å². The molecule has 1 saturated heterocycles. The van der Waals surface area contributed by atoms with Gasteiger partial charge in [0.05, 0.1) is 12.5 Å². The van der Waals surface area contributed by atoms with Gasteiger partial charge < -0.3 is 14.5 Å². The van der Waals surface area contributed by atoms with Gasteiger partial charge in [-0.05, 0) is 68.0 Å². The molecule has 1 amide bonds. The summed E-state index contributed by atoms with van der Waals surface area (Å²) in [7, 11) is 0. The summed E-state index contributed by atoms with van der Waals surface area (Å²) < 4.78 is 10.4. The molecule has 2 aliphatic rings. The topological polar surface area (TPSA) is 71.8 Å². The van der Waals surface area contributed by atoms with Gasteiger partial charge in [-0.25, -0.2) is 0 Å². The van der Waals surface area contributed by atoms with E-state index < -0.39 is 0 Å². The number of nitrogens with one attached hydrogen (secondary N) is 1. The van der Waals surface area contributed by atoms with Crippen LogP contribution in [0, 0.1) is 5.92 Å². The molecule has 3 atom stereocenters. The number of likely N-dealkylation sites (tertiary alicyclic amines) is 1. The van der Waals surface area contributed by atoms with Crippen molar-refractivity contribution in [1.82, 2.24) is 10.2 Å². The molecule has 2 aromatic rings. The fourth-order valence-electron chi connectivity index (χ4n) is 5.52. The van der Waals surface area contributed by atoms with Gasteiger partial charge in [0.1, 0.15) is 5.75 Å². The minimum atomic E-state index is -0.319. The van der Waals surface area contributed by atoms with Gasteiger partial charge in [-0.1, -0.05) is 18.2 Å².